The van der Waals surface area contributed by atoms with Crippen LogP contribution in [0.4, 0.5) is 0 Å². The Morgan fingerprint density at radius 1 is 0.467 bits per heavy atom. The van der Waals surface area contributed by atoms with E-state index in [0.717, 1.165) is 89.9 Å². The van der Waals surface area contributed by atoms with Crippen LogP contribution >= 0.6 is 0 Å². The third-order valence-corrected chi connectivity index (χ3v) is 10.0. The molecule has 344 valence electrons. The summed E-state index contributed by atoms with van der Waals surface area (Å²) in [6.45, 7) is 4.18. The Labute approximate surface area is 364 Å². The first-order chi connectivity index (χ1) is 29.1. The smallest absolute Gasteiger partial charge is 0.322 e. The molecule has 0 saturated carbocycles. The Morgan fingerprint density at radius 2 is 0.867 bits per heavy atom. The van der Waals surface area contributed by atoms with Crippen LogP contribution in [0.15, 0.2) is 48.6 Å². The second kappa shape index (κ2) is 37.5. The van der Waals surface area contributed by atoms with E-state index in [0.29, 0.717) is 12.8 Å². The monoisotopic (exact) mass is 845 g/mol. The first kappa shape index (κ1) is 54.7. The van der Waals surface area contributed by atoms with Gasteiger partial charge in [-0.25, -0.2) is 0 Å². The van der Waals surface area contributed by atoms with E-state index < -0.39 is 48.5 Å². The number of unbranched alkanes of at least 4 members (excludes halogenated alkanes) is 16. The summed E-state index contributed by atoms with van der Waals surface area (Å²) in [6, 6.07) is 0. The van der Waals surface area contributed by atoms with Gasteiger partial charge in [0.05, 0.1) is 13.1 Å². The third-order valence-electron chi connectivity index (χ3n) is 10.0. The maximum Gasteiger partial charge on any atom is 0.322 e. The van der Waals surface area contributed by atoms with E-state index in [1.807, 2.05) is 0 Å². The number of allylic oxidation sites excluding steroid dienone is 8. The number of hydrogen-bond donors (Lipinski definition) is 0. The fourth-order valence-electron chi connectivity index (χ4n) is 6.67. The minimum atomic E-state index is -1.34. The van der Waals surface area contributed by atoms with Crippen molar-refractivity contribution in [3.63, 3.8) is 0 Å². The van der Waals surface area contributed by atoms with Gasteiger partial charge >= 0.3 is 23.9 Å². The molecule has 1 saturated heterocycles. The first-order valence-electron chi connectivity index (χ1n) is 23.4. The number of carbonyl (C=O) groups excluding carboxylic acids is 4. The Kier molecular flexibility index (Phi) is 34.2. The Hall–Kier alpha value is -3.28. The number of carbonyl (C=O) groups is 4. The summed E-state index contributed by atoms with van der Waals surface area (Å²) in [4.78, 5) is 55.0. The lowest BCUT2D eigenvalue weighted by molar-refractivity contribution is -0.200. The second-order valence-corrected chi connectivity index (χ2v) is 16.6. The fraction of sp³-hybridized carbons (Fsp3) is 0.755. The lowest BCUT2D eigenvalue weighted by Crippen LogP contribution is -2.43. The zero-order valence-corrected chi connectivity index (χ0v) is 38.6. The van der Waals surface area contributed by atoms with E-state index >= 15 is 0 Å². The normalized spacial score (nSPS) is 18.2. The largest absolute Gasteiger partial charge is 0.462 e. The molecule has 0 N–H and O–H groups in total. The van der Waals surface area contributed by atoms with Crippen molar-refractivity contribution in [2.45, 2.75) is 193 Å². The van der Waals surface area contributed by atoms with Gasteiger partial charge in [-0.3, -0.25) is 29.0 Å². The molecule has 4 atom stereocenters. The van der Waals surface area contributed by atoms with Crippen molar-refractivity contribution in [2.24, 2.45) is 0 Å². The topological polar surface area (TPSA) is 121 Å². The number of ether oxygens (including phenoxy) is 5. The van der Waals surface area contributed by atoms with E-state index in [9.17, 15) is 19.2 Å². The molecule has 1 rings (SSSR count). The molecule has 0 spiro atoms. The summed E-state index contributed by atoms with van der Waals surface area (Å²) in [6.07, 6.45) is 37.0. The zero-order chi connectivity index (χ0) is 44.1. The minimum absolute atomic E-state index is 0.0355. The summed E-state index contributed by atoms with van der Waals surface area (Å²) in [5.74, 6) is -2.07. The minimum Gasteiger partial charge on any atom is -0.462 e. The SMILES string of the molecule is CCCCC/C=C\C/C=C\CCCCCCCC(=O)OC1[C@H](OC(=O)CN(C)C)O[C@H](COC(=O)CN(C)C)[C@@H]1OC(=O)CCCCCCC/C=C\C/C=C\CCCCC. The Morgan fingerprint density at radius 3 is 1.32 bits per heavy atom. The molecule has 1 heterocycles. The molecule has 1 aliphatic heterocycles. The molecule has 1 unspecified atom stereocenters. The van der Waals surface area contributed by atoms with E-state index in [4.69, 9.17) is 23.7 Å². The van der Waals surface area contributed by atoms with Crippen LogP contribution in [0.3, 0.4) is 0 Å². The van der Waals surface area contributed by atoms with Crippen LogP contribution in [-0.2, 0) is 42.9 Å². The summed E-state index contributed by atoms with van der Waals surface area (Å²) in [5.41, 5.74) is 0. The fourth-order valence-corrected chi connectivity index (χ4v) is 6.67. The molecule has 0 aromatic carbocycles. The average molecular weight is 845 g/mol. The highest BCUT2D eigenvalue weighted by molar-refractivity contribution is 5.73. The standard InChI is InChI=1S/C49H84N2O9/c1-7-9-11-13-15-17-19-21-23-25-27-29-31-33-35-37-43(52)58-47-42(41-56-45(54)39-50(3)4)57-49(60-46(55)40-51(5)6)48(47)59-44(53)38-36-34-32-30-28-26-24-22-20-18-16-14-12-10-8-2/h15-18,21-24,42,47-49H,7-14,19-20,25-41H2,1-6H3/b17-15-,18-16-,23-21-,24-22-/t42-,47+,48?,49+/m1/s1. The number of esters is 4. The third kappa shape index (κ3) is 30.7. The Balaban J connectivity index is 2.70. The van der Waals surface area contributed by atoms with Crippen LogP contribution in [-0.4, -0.2) is 106 Å². The molecular weight excluding hydrogens is 761 g/mol. The van der Waals surface area contributed by atoms with Gasteiger partial charge < -0.3 is 23.7 Å². The molecule has 0 bridgehead atoms. The van der Waals surface area contributed by atoms with Crippen LogP contribution in [0, 0.1) is 0 Å². The van der Waals surface area contributed by atoms with Gasteiger partial charge in [0.2, 0.25) is 12.4 Å². The molecular formula is C49H84N2O9. The summed E-state index contributed by atoms with van der Waals surface area (Å²) in [7, 11) is 6.94. The van der Waals surface area contributed by atoms with Gasteiger partial charge in [0.25, 0.3) is 0 Å². The van der Waals surface area contributed by atoms with Gasteiger partial charge in [-0.15, -0.1) is 0 Å². The Bertz CT molecular complexity index is 1250. The van der Waals surface area contributed by atoms with E-state index in [1.54, 1.807) is 38.0 Å². The lowest BCUT2D eigenvalue weighted by atomic mass is 10.1. The molecule has 0 radical (unpaired) electrons. The summed E-state index contributed by atoms with van der Waals surface area (Å²) in [5, 5.41) is 0. The molecule has 11 heteroatoms. The van der Waals surface area contributed by atoms with Crippen molar-refractivity contribution >= 4 is 23.9 Å². The first-order valence-corrected chi connectivity index (χ1v) is 23.4. The van der Waals surface area contributed by atoms with Crippen LogP contribution in [0.5, 0.6) is 0 Å². The van der Waals surface area contributed by atoms with E-state index in [2.05, 4.69) is 62.5 Å². The van der Waals surface area contributed by atoms with Crippen molar-refractivity contribution in [3.8, 4) is 0 Å². The van der Waals surface area contributed by atoms with Gasteiger partial charge in [-0.2, -0.15) is 0 Å². The number of hydrogen-bond acceptors (Lipinski definition) is 11. The van der Waals surface area contributed by atoms with Crippen LogP contribution < -0.4 is 0 Å². The number of nitrogens with zero attached hydrogens (tertiary/aromatic N) is 2. The zero-order valence-electron chi connectivity index (χ0n) is 38.6. The van der Waals surface area contributed by atoms with Crippen LogP contribution in [0.25, 0.3) is 0 Å². The summed E-state index contributed by atoms with van der Waals surface area (Å²) >= 11 is 0. The average Bonchev–Trinajstić information content (AvgIpc) is 3.50. The van der Waals surface area contributed by atoms with Crippen molar-refractivity contribution in [1.82, 2.24) is 9.80 Å². The summed E-state index contributed by atoms with van der Waals surface area (Å²) < 4.78 is 29.0. The molecule has 0 aromatic rings. The van der Waals surface area contributed by atoms with Crippen LogP contribution in [0.2, 0.25) is 0 Å². The van der Waals surface area contributed by atoms with Crippen molar-refractivity contribution in [3.05, 3.63) is 48.6 Å². The van der Waals surface area contributed by atoms with Gasteiger partial charge in [-0.1, -0.05) is 127 Å². The quantitative estimate of drug-likeness (QED) is 0.0257. The maximum atomic E-state index is 13.2. The van der Waals surface area contributed by atoms with Crippen molar-refractivity contribution in [1.29, 1.82) is 0 Å². The second-order valence-electron chi connectivity index (χ2n) is 16.6. The number of likely N-dealkylation sites (N-methyl/N-ethyl adjacent to an activating group) is 2. The molecule has 0 aliphatic carbocycles. The molecule has 0 aromatic heterocycles. The molecule has 0 amide bonds. The molecule has 1 fully saturated rings. The van der Waals surface area contributed by atoms with Gasteiger partial charge in [0, 0.05) is 12.8 Å². The van der Waals surface area contributed by atoms with Gasteiger partial charge in [-0.05, 0) is 105 Å². The van der Waals surface area contributed by atoms with Crippen molar-refractivity contribution < 1.29 is 42.9 Å². The van der Waals surface area contributed by atoms with E-state index in [1.165, 1.54) is 38.5 Å². The highest BCUT2D eigenvalue weighted by Crippen LogP contribution is 2.30. The van der Waals surface area contributed by atoms with Gasteiger partial charge in [0.1, 0.15) is 12.7 Å². The molecule has 60 heavy (non-hydrogen) atoms. The maximum absolute atomic E-state index is 13.2. The molecule has 11 nitrogen and oxygen atoms in total. The van der Waals surface area contributed by atoms with Crippen molar-refractivity contribution in [2.75, 3.05) is 47.9 Å². The van der Waals surface area contributed by atoms with E-state index in [-0.39, 0.29) is 32.5 Å². The predicted molar refractivity (Wildman–Crippen MR) is 241 cm³/mol. The van der Waals surface area contributed by atoms with Crippen LogP contribution in [0.1, 0.15) is 168 Å². The molecule has 1 aliphatic rings. The van der Waals surface area contributed by atoms with Gasteiger partial charge in [0.15, 0.2) is 6.10 Å². The number of rotatable bonds is 37. The highest BCUT2D eigenvalue weighted by atomic mass is 16.8. The lowest BCUT2D eigenvalue weighted by Gasteiger charge is -2.24. The highest BCUT2D eigenvalue weighted by Gasteiger charge is 2.52. The predicted octanol–water partition coefficient (Wildman–Crippen LogP) is 10.4.